The number of carbonyl (C=O) groups excluding carboxylic acids is 4. The van der Waals surface area contributed by atoms with Crippen LogP contribution in [0.3, 0.4) is 0 Å². The van der Waals surface area contributed by atoms with Crippen LogP contribution in [0.5, 0.6) is 0 Å². The number of aliphatic hydroxyl groups excluding tert-OH is 1. The number of likely N-dealkylation sites (tertiary alicyclic amines) is 1. The Morgan fingerprint density at radius 1 is 0.913 bits per heavy atom. The highest BCUT2D eigenvalue weighted by molar-refractivity contribution is 6.00. The number of methoxy groups -OCH3 is 1. The third-order valence-corrected chi connectivity index (χ3v) is 8.00. The van der Waals surface area contributed by atoms with Crippen LogP contribution in [0.2, 0.25) is 0 Å². The van der Waals surface area contributed by atoms with Crippen molar-refractivity contribution in [3.63, 3.8) is 0 Å². The molecule has 46 heavy (non-hydrogen) atoms. The molecule has 10 nitrogen and oxygen atoms in total. The van der Waals surface area contributed by atoms with E-state index in [0.717, 1.165) is 18.4 Å². The smallest absolute Gasteiger partial charge is 0.310 e. The van der Waals surface area contributed by atoms with E-state index >= 15 is 0 Å². The number of hydrogen-bond donors (Lipinski definition) is 3. The van der Waals surface area contributed by atoms with Crippen LogP contribution in [0.4, 0.5) is 0 Å². The fourth-order valence-electron chi connectivity index (χ4n) is 5.55. The summed E-state index contributed by atoms with van der Waals surface area (Å²) in [6, 6.07) is 16.9. The molecule has 248 valence electrons. The summed E-state index contributed by atoms with van der Waals surface area (Å²) in [4.78, 5) is 55.4. The molecule has 3 N–H and O–H groups in total. The fraction of sp³-hybridized carbons (Fsp3) is 0.444. The molecule has 0 aromatic heterocycles. The number of ether oxygens (including phenoxy) is 2. The minimum absolute atomic E-state index is 0.00967. The summed E-state index contributed by atoms with van der Waals surface area (Å²) < 4.78 is 11.5. The van der Waals surface area contributed by atoms with Gasteiger partial charge in [-0.1, -0.05) is 72.8 Å². The number of benzene rings is 2. The molecule has 10 heteroatoms. The molecular weight excluding hydrogens is 586 g/mol. The molecule has 1 unspecified atom stereocenters. The quantitative estimate of drug-likeness (QED) is 0.122. The van der Waals surface area contributed by atoms with Gasteiger partial charge in [0.1, 0.15) is 12.0 Å². The molecule has 1 aliphatic rings. The van der Waals surface area contributed by atoms with E-state index in [1.165, 1.54) is 13.2 Å². The third-order valence-electron chi connectivity index (χ3n) is 8.00. The lowest BCUT2D eigenvalue weighted by Gasteiger charge is -2.30. The van der Waals surface area contributed by atoms with Gasteiger partial charge in [0.25, 0.3) is 0 Å². The molecule has 1 heterocycles. The lowest BCUT2D eigenvalue weighted by molar-refractivity contribution is -0.160. The highest BCUT2D eigenvalue weighted by atomic mass is 16.5. The highest BCUT2D eigenvalue weighted by Gasteiger charge is 2.35. The van der Waals surface area contributed by atoms with Gasteiger partial charge in [0.05, 0.1) is 31.2 Å². The summed E-state index contributed by atoms with van der Waals surface area (Å²) in [6.07, 6.45) is 4.62. The van der Waals surface area contributed by atoms with Crippen molar-refractivity contribution in [3.8, 4) is 0 Å². The third kappa shape index (κ3) is 11.0. The van der Waals surface area contributed by atoms with E-state index in [4.69, 9.17) is 9.47 Å². The highest BCUT2D eigenvalue weighted by Crippen LogP contribution is 2.26. The largest absolute Gasteiger partial charge is 0.455 e. The van der Waals surface area contributed by atoms with Crippen molar-refractivity contribution in [3.05, 3.63) is 97.1 Å². The van der Waals surface area contributed by atoms with Crippen molar-refractivity contribution >= 4 is 23.7 Å². The Morgan fingerprint density at radius 3 is 2.11 bits per heavy atom. The average molecular weight is 634 g/mol. The molecular formula is C36H47N3O7. The number of nitrogens with one attached hydrogen (secondary N) is 2. The Morgan fingerprint density at radius 2 is 1.52 bits per heavy atom. The topological polar surface area (TPSA) is 134 Å². The number of amides is 3. The lowest BCUT2D eigenvalue weighted by Crippen LogP contribution is -2.51. The standard InChI is InChI=1S/C36H47N3O7/c1-4-14-28(23-32(41)39-20-12-13-21-39)36(44)46-33(27-18-10-7-11-19-27)31(25-45-3)38-35(43)30(15-5-2)34(42)37-29(24-40)22-26-16-8-6-9-17-26/h4-11,16-19,28-31,33,40H,1-2,12-15,20-25H2,3H3,(H,37,42)(H,38,43)/t28-,29-,30?,31+,33+/m1/s1. The molecule has 3 amide bonds. The first kappa shape index (κ1) is 36.2. The first-order chi connectivity index (χ1) is 22.3. The molecule has 0 bridgehead atoms. The van der Waals surface area contributed by atoms with Crippen molar-refractivity contribution < 1.29 is 33.8 Å². The molecule has 5 atom stereocenters. The molecule has 3 rings (SSSR count). The zero-order valence-corrected chi connectivity index (χ0v) is 26.6. The van der Waals surface area contributed by atoms with E-state index in [1.54, 1.807) is 35.2 Å². The van der Waals surface area contributed by atoms with Crippen LogP contribution in [0.1, 0.15) is 49.3 Å². The molecule has 0 saturated carbocycles. The first-order valence-electron chi connectivity index (χ1n) is 15.8. The Kier molecular flexibility index (Phi) is 15.2. The molecule has 2 aromatic carbocycles. The number of nitrogens with zero attached hydrogens (tertiary/aromatic N) is 1. The molecule has 1 aliphatic heterocycles. The van der Waals surface area contributed by atoms with Crippen LogP contribution in [0.25, 0.3) is 0 Å². The van der Waals surface area contributed by atoms with Gasteiger partial charge in [0.2, 0.25) is 17.7 Å². The van der Waals surface area contributed by atoms with Gasteiger partial charge in [0.15, 0.2) is 0 Å². The van der Waals surface area contributed by atoms with Gasteiger partial charge in [0, 0.05) is 26.6 Å². The Balaban J connectivity index is 1.80. The zero-order valence-electron chi connectivity index (χ0n) is 26.6. The van der Waals surface area contributed by atoms with Crippen molar-refractivity contribution in [2.75, 3.05) is 33.4 Å². The zero-order chi connectivity index (χ0) is 33.3. The van der Waals surface area contributed by atoms with E-state index < -0.39 is 47.8 Å². The number of rotatable bonds is 19. The predicted molar refractivity (Wildman–Crippen MR) is 175 cm³/mol. The minimum Gasteiger partial charge on any atom is -0.455 e. The average Bonchev–Trinajstić information content (AvgIpc) is 3.61. The van der Waals surface area contributed by atoms with Crippen LogP contribution in [-0.4, -0.2) is 79.2 Å². The van der Waals surface area contributed by atoms with Crippen LogP contribution in [0.15, 0.2) is 86.0 Å². The Hall–Kier alpha value is -4.28. The van der Waals surface area contributed by atoms with Crippen LogP contribution in [-0.2, 0) is 35.1 Å². The Labute approximate surface area is 271 Å². The van der Waals surface area contributed by atoms with Crippen molar-refractivity contribution in [1.82, 2.24) is 15.5 Å². The second-order valence-electron chi connectivity index (χ2n) is 11.5. The molecule has 2 aromatic rings. The molecule has 0 aliphatic carbocycles. The summed E-state index contributed by atoms with van der Waals surface area (Å²) in [5, 5.41) is 15.6. The normalized spacial score (nSPS) is 15.9. The Bertz CT molecular complexity index is 1280. The van der Waals surface area contributed by atoms with E-state index in [0.29, 0.717) is 25.1 Å². The molecule has 0 radical (unpaired) electrons. The van der Waals surface area contributed by atoms with E-state index in [1.807, 2.05) is 36.4 Å². The summed E-state index contributed by atoms with van der Waals surface area (Å²) in [7, 11) is 1.46. The second kappa shape index (κ2) is 19.3. The monoisotopic (exact) mass is 633 g/mol. The number of aliphatic hydroxyl groups is 1. The van der Waals surface area contributed by atoms with E-state index in [9.17, 15) is 24.3 Å². The predicted octanol–water partition coefficient (Wildman–Crippen LogP) is 3.52. The maximum atomic E-state index is 13.7. The second-order valence-corrected chi connectivity index (χ2v) is 11.5. The molecule has 0 spiro atoms. The minimum atomic E-state index is -1.17. The SMILES string of the molecule is C=CCC(C(=O)N[C@@H](CO)Cc1ccccc1)C(=O)N[C@@H](COC)[C@@H](OC(=O)[C@H](CC=C)CC(=O)N1CCCC1)c1ccccc1. The summed E-state index contributed by atoms with van der Waals surface area (Å²) in [5.41, 5.74) is 1.53. The van der Waals surface area contributed by atoms with Crippen molar-refractivity contribution in [2.24, 2.45) is 11.8 Å². The van der Waals surface area contributed by atoms with E-state index in [2.05, 4.69) is 23.8 Å². The van der Waals surface area contributed by atoms with Crippen LogP contribution in [0, 0.1) is 11.8 Å². The van der Waals surface area contributed by atoms with Gasteiger partial charge in [-0.05, 0) is 43.2 Å². The van der Waals surface area contributed by atoms with Gasteiger partial charge in [-0.3, -0.25) is 19.2 Å². The van der Waals surface area contributed by atoms with Crippen molar-refractivity contribution in [2.45, 2.75) is 56.7 Å². The van der Waals surface area contributed by atoms with Gasteiger partial charge in [-0.25, -0.2) is 0 Å². The van der Waals surface area contributed by atoms with Gasteiger partial charge in [-0.2, -0.15) is 0 Å². The molecule has 1 saturated heterocycles. The van der Waals surface area contributed by atoms with E-state index in [-0.39, 0.29) is 38.4 Å². The van der Waals surface area contributed by atoms with Crippen molar-refractivity contribution in [1.29, 1.82) is 0 Å². The number of hydrogen-bond acceptors (Lipinski definition) is 7. The summed E-state index contributed by atoms with van der Waals surface area (Å²) in [5.74, 6) is -3.80. The number of carbonyl (C=O) groups is 4. The first-order valence-corrected chi connectivity index (χ1v) is 15.8. The number of allylic oxidation sites excluding steroid dienone is 2. The summed E-state index contributed by atoms with van der Waals surface area (Å²) in [6.45, 7) is 8.48. The fourth-order valence-corrected chi connectivity index (χ4v) is 5.55. The maximum Gasteiger partial charge on any atom is 0.310 e. The van der Waals surface area contributed by atoms with Gasteiger partial charge in [-0.15, -0.1) is 13.2 Å². The van der Waals surface area contributed by atoms with Gasteiger partial charge >= 0.3 is 5.97 Å². The maximum absolute atomic E-state index is 13.7. The van der Waals surface area contributed by atoms with Crippen LogP contribution < -0.4 is 10.6 Å². The molecule has 1 fully saturated rings. The number of esters is 1. The van der Waals surface area contributed by atoms with Crippen LogP contribution >= 0.6 is 0 Å². The lowest BCUT2D eigenvalue weighted by atomic mass is 9.97. The summed E-state index contributed by atoms with van der Waals surface area (Å²) >= 11 is 0. The van der Waals surface area contributed by atoms with Gasteiger partial charge < -0.3 is 30.1 Å².